The van der Waals surface area contributed by atoms with E-state index in [4.69, 9.17) is 20.1 Å². The van der Waals surface area contributed by atoms with E-state index in [-0.39, 0.29) is 71.0 Å². The quantitative estimate of drug-likeness (QED) is 0.107. The SMILES string of the molecule is CC(C)C(C)C.CC(C)CCOCC(C)(C)OCCC(C)C.CC[C-](C)C.N=N[C-]=CNCCO.[CH3-].[K+]. The maximum absolute atomic E-state index is 8.18. The van der Waals surface area contributed by atoms with E-state index in [0.717, 1.165) is 37.9 Å². The molecule has 0 aromatic rings. The molecule has 0 aliphatic heterocycles. The third-order valence-corrected chi connectivity index (χ3v) is 5.00. The molecule has 0 saturated heterocycles. The molecule has 0 atom stereocenters. The maximum Gasteiger partial charge on any atom is 1.00 e. The largest absolute Gasteiger partial charge is 1.00 e. The summed E-state index contributed by atoms with van der Waals surface area (Å²) in [4.78, 5) is 0. The molecule has 0 spiro atoms. The number of hydrogen-bond donors (Lipinski definition) is 3. The molecule has 0 aromatic carbocycles. The first kappa shape index (κ1) is 50.5. The van der Waals surface area contributed by atoms with Crippen LogP contribution in [0.15, 0.2) is 11.3 Å². The van der Waals surface area contributed by atoms with Gasteiger partial charge < -0.3 is 44.6 Å². The Balaban J connectivity index is -0.0000000963. The van der Waals surface area contributed by atoms with Crippen LogP contribution in [-0.2, 0) is 9.47 Å². The minimum absolute atomic E-state index is 0. The normalized spacial score (nSPS) is 10.7. The van der Waals surface area contributed by atoms with Gasteiger partial charge in [0, 0.05) is 19.8 Å². The van der Waals surface area contributed by atoms with Crippen LogP contribution in [0.5, 0.6) is 0 Å². The second-order valence-electron chi connectivity index (χ2n) is 11.1. The molecule has 0 saturated carbocycles. The zero-order valence-electron chi connectivity index (χ0n) is 27.8. The average Bonchev–Trinajstić information content (AvgIpc) is 2.75. The molecule has 222 valence electrons. The van der Waals surface area contributed by atoms with Crippen LogP contribution in [0.4, 0.5) is 0 Å². The van der Waals surface area contributed by atoms with E-state index in [2.05, 4.69) is 107 Å². The summed E-state index contributed by atoms with van der Waals surface area (Å²) < 4.78 is 11.5. The molecule has 0 bridgehead atoms. The van der Waals surface area contributed by atoms with Crippen LogP contribution in [0.3, 0.4) is 0 Å². The fourth-order valence-corrected chi connectivity index (χ4v) is 1.46. The van der Waals surface area contributed by atoms with Crippen molar-refractivity contribution >= 4 is 0 Å². The predicted molar refractivity (Wildman–Crippen MR) is 159 cm³/mol. The third-order valence-electron chi connectivity index (χ3n) is 5.00. The van der Waals surface area contributed by atoms with Gasteiger partial charge in [-0.3, -0.25) is 0 Å². The Kier molecular flexibility index (Phi) is 50.0. The zero-order chi connectivity index (χ0) is 28.3. The Labute approximate surface area is 276 Å². The van der Waals surface area contributed by atoms with Gasteiger partial charge >= 0.3 is 51.4 Å². The first-order chi connectivity index (χ1) is 16.2. The summed E-state index contributed by atoms with van der Waals surface area (Å²) in [5.74, 6) is 4.63. The van der Waals surface area contributed by atoms with Crippen molar-refractivity contribution in [1.82, 2.24) is 5.32 Å². The number of nitrogens with zero attached hydrogens (tertiary/aromatic N) is 1. The van der Waals surface area contributed by atoms with Gasteiger partial charge in [0.1, 0.15) is 0 Å². The van der Waals surface area contributed by atoms with Gasteiger partial charge in [-0.2, -0.15) is 26.5 Å². The standard InChI is InChI=1S/C14H30O2.C6H14.C5H11.C4H8N3O.CH3.K/c1-12(2)7-9-15-11-14(5,6)16-10-8-13(3)4;1-5(2)6(3)4;1-4-5(2)3;5-7-2-1-6-3-4-8;;/h12-13H,7-11H2,1-6H3;5-6H,1-4H3;4H2,1-3H3;1,5-6,8H,3-4H2;1H3;/q;;3*-1;+1. The number of ether oxygens (including phenoxy) is 2. The van der Waals surface area contributed by atoms with E-state index in [1.54, 1.807) is 0 Å². The van der Waals surface area contributed by atoms with Gasteiger partial charge in [0.25, 0.3) is 0 Å². The molecule has 3 N–H and O–H groups in total. The summed E-state index contributed by atoms with van der Waals surface area (Å²) in [7, 11) is 0. The second kappa shape index (κ2) is 36.7. The summed E-state index contributed by atoms with van der Waals surface area (Å²) in [5.41, 5.74) is 6.07. The molecule has 0 aromatic heterocycles. The molecular formula is C30H66KN3O3-2. The van der Waals surface area contributed by atoms with E-state index < -0.39 is 0 Å². The van der Waals surface area contributed by atoms with Gasteiger partial charge in [-0.25, -0.2) is 5.53 Å². The molecule has 0 rings (SSSR count). The van der Waals surface area contributed by atoms with E-state index in [1.807, 2.05) is 0 Å². The molecule has 0 fully saturated rings. The Hall–Kier alpha value is 0.656. The number of rotatable bonds is 15. The zero-order valence-corrected chi connectivity index (χ0v) is 30.9. The molecule has 0 aliphatic carbocycles. The first-order valence-corrected chi connectivity index (χ1v) is 13.4. The fourth-order valence-electron chi connectivity index (χ4n) is 1.46. The van der Waals surface area contributed by atoms with Crippen molar-refractivity contribution < 1.29 is 66.0 Å². The van der Waals surface area contributed by atoms with Crippen LogP contribution >= 0.6 is 0 Å². The van der Waals surface area contributed by atoms with Crippen molar-refractivity contribution in [3.8, 4) is 0 Å². The van der Waals surface area contributed by atoms with E-state index in [0.29, 0.717) is 25.0 Å². The van der Waals surface area contributed by atoms with Crippen molar-refractivity contribution in [3.63, 3.8) is 0 Å². The van der Waals surface area contributed by atoms with Gasteiger partial charge in [0.2, 0.25) is 0 Å². The molecular weight excluding hydrogens is 489 g/mol. The Morgan fingerprint density at radius 3 is 1.73 bits per heavy atom. The minimum atomic E-state index is -0.147. The van der Waals surface area contributed by atoms with Gasteiger partial charge in [-0.1, -0.05) is 62.3 Å². The summed E-state index contributed by atoms with van der Waals surface area (Å²) >= 11 is 0. The van der Waals surface area contributed by atoms with Gasteiger partial charge in [0.15, 0.2) is 0 Å². The summed E-state index contributed by atoms with van der Waals surface area (Å²) in [5, 5.41) is 13.6. The minimum Gasteiger partial charge on any atom is -0.420 e. The molecule has 0 radical (unpaired) electrons. The number of hydrogen-bond acceptors (Lipinski definition) is 6. The molecule has 0 aliphatic rings. The van der Waals surface area contributed by atoms with Crippen molar-refractivity contribution in [1.29, 1.82) is 5.53 Å². The predicted octanol–water partition coefficient (Wildman–Crippen LogP) is 5.53. The van der Waals surface area contributed by atoms with Gasteiger partial charge in [-0.15, -0.1) is 0 Å². The molecule has 6 nitrogen and oxygen atoms in total. The number of aliphatic hydroxyl groups is 1. The fraction of sp³-hybridized carbons (Fsp3) is 0.867. The Bertz CT molecular complexity index is 436. The van der Waals surface area contributed by atoms with Crippen molar-refractivity contribution in [3.05, 3.63) is 25.7 Å². The van der Waals surface area contributed by atoms with Crippen LogP contribution in [-0.4, -0.2) is 43.7 Å². The van der Waals surface area contributed by atoms with E-state index in [9.17, 15) is 0 Å². The van der Waals surface area contributed by atoms with Crippen molar-refractivity contribution in [2.24, 2.45) is 28.8 Å². The van der Waals surface area contributed by atoms with Crippen molar-refractivity contribution in [2.45, 2.75) is 115 Å². The molecule has 7 heteroatoms. The summed E-state index contributed by atoms with van der Waals surface area (Å²) in [6.45, 7) is 31.4. The summed E-state index contributed by atoms with van der Waals surface area (Å²) in [6, 6.07) is 0. The topological polar surface area (TPSA) is 86.9 Å². The van der Waals surface area contributed by atoms with E-state index >= 15 is 0 Å². The Morgan fingerprint density at radius 2 is 1.41 bits per heavy atom. The van der Waals surface area contributed by atoms with Gasteiger partial charge in [-0.05, 0) is 50.4 Å². The Morgan fingerprint density at radius 1 is 0.973 bits per heavy atom. The average molecular weight is 556 g/mol. The smallest absolute Gasteiger partial charge is 0.420 e. The molecule has 37 heavy (non-hydrogen) atoms. The number of nitrogens with one attached hydrogen (secondary N) is 2. The summed E-state index contributed by atoms with van der Waals surface area (Å²) in [6.07, 6.45) is 7.08. The third kappa shape index (κ3) is 62.0. The monoisotopic (exact) mass is 555 g/mol. The molecule has 0 heterocycles. The number of aliphatic hydroxyl groups excluding tert-OH is 1. The first-order valence-electron chi connectivity index (χ1n) is 13.4. The van der Waals surface area contributed by atoms with E-state index in [1.165, 1.54) is 18.5 Å². The van der Waals surface area contributed by atoms with Crippen LogP contribution in [0.2, 0.25) is 0 Å². The molecule has 0 unspecified atom stereocenters. The van der Waals surface area contributed by atoms with Crippen LogP contribution in [0, 0.1) is 48.7 Å². The van der Waals surface area contributed by atoms with Gasteiger partial charge in [0.05, 0.1) is 18.8 Å². The van der Waals surface area contributed by atoms with Crippen LogP contribution < -0.4 is 56.7 Å². The second-order valence-corrected chi connectivity index (χ2v) is 11.1. The van der Waals surface area contributed by atoms with Crippen LogP contribution in [0.1, 0.15) is 109 Å². The maximum atomic E-state index is 8.18. The molecule has 0 amide bonds. The van der Waals surface area contributed by atoms with Crippen molar-refractivity contribution in [2.75, 3.05) is 33.0 Å². The van der Waals surface area contributed by atoms with Crippen LogP contribution in [0.25, 0.3) is 0 Å².